The minimum absolute atomic E-state index is 0.0280. The molecule has 4 rings (SSSR count). The van der Waals surface area contributed by atoms with Gasteiger partial charge in [-0.15, -0.1) is 10.2 Å². The van der Waals surface area contributed by atoms with E-state index in [0.29, 0.717) is 42.7 Å². The van der Waals surface area contributed by atoms with Gasteiger partial charge in [0.15, 0.2) is 11.0 Å². The molecule has 9 heteroatoms. The third kappa shape index (κ3) is 5.31. The van der Waals surface area contributed by atoms with Gasteiger partial charge in [0, 0.05) is 29.6 Å². The fourth-order valence-corrected chi connectivity index (χ4v) is 4.71. The number of likely N-dealkylation sites (tertiary alicyclic amines) is 1. The Bertz CT molecular complexity index is 1080. The Morgan fingerprint density at radius 3 is 2.38 bits per heavy atom. The lowest BCUT2D eigenvalue weighted by atomic mass is 9.96. The lowest BCUT2D eigenvalue weighted by molar-refractivity contribution is -0.132. The largest absolute Gasteiger partial charge is 0.369 e. The second kappa shape index (κ2) is 10.2. The molecule has 1 saturated heterocycles. The van der Waals surface area contributed by atoms with Gasteiger partial charge in [0.05, 0.1) is 12.3 Å². The fraction of sp³-hybridized carbons (Fsp3) is 0.304. The molecule has 0 bridgehead atoms. The first-order valence-electron chi connectivity index (χ1n) is 10.4. The third-order valence-corrected chi connectivity index (χ3v) is 6.78. The first-order valence-corrected chi connectivity index (χ1v) is 11.8. The molecule has 0 spiro atoms. The summed E-state index contributed by atoms with van der Waals surface area (Å²) in [6.07, 6.45) is 1.24. The molecule has 2 amide bonds. The highest BCUT2D eigenvalue weighted by molar-refractivity contribution is 7.99. The highest BCUT2D eigenvalue weighted by atomic mass is 35.5. The highest BCUT2D eigenvalue weighted by Crippen LogP contribution is 2.27. The summed E-state index contributed by atoms with van der Waals surface area (Å²) in [5, 5.41) is 10.1. The van der Waals surface area contributed by atoms with E-state index in [1.54, 1.807) is 4.90 Å². The van der Waals surface area contributed by atoms with Crippen LogP contribution in [0.2, 0.25) is 5.02 Å². The quantitative estimate of drug-likeness (QED) is 0.535. The number of carbonyl (C=O) groups is 2. The zero-order valence-corrected chi connectivity index (χ0v) is 19.1. The molecule has 0 radical (unpaired) electrons. The predicted octanol–water partition coefficient (Wildman–Crippen LogP) is 3.46. The number of nitrogens with zero attached hydrogens (tertiary/aromatic N) is 4. The monoisotopic (exact) mass is 469 g/mol. The molecule has 0 saturated carbocycles. The second-order valence-electron chi connectivity index (χ2n) is 7.73. The van der Waals surface area contributed by atoms with Crippen LogP contribution in [0.15, 0.2) is 59.8 Å². The minimum Gasteiger partial charge on any atom is -0.369 e. The zero-order chi connectivity index (χ0) is 22.5. The van der Waals surface area contributed by atoms with Crippen molar-refractivity contribution < 1.29 is 9.59 Å². The summed E-state index contributed by atoms with van der Waals surface area (Å²) < 4.78 is 2.02. The van der Waals surface area contributed by atoms with Crippen LogP contribution in [0.1, 0.15) is 18.4 Å². The van der Waals surface area contributed by atoms with Gasteiger partial charge in [-0.3, -0.25) is 14.2 Å². The summed E-state index contributed by atoms with van der Waals surface area (Å²) in [5.74, 6) is 0.593. The van der Waals surface area contributed by atoms with Gasteiger partial charge < -0.3 is 10.6 Å². The molecular weight excluding hydrogens is 446 g/mol. The smallest absolute Gasteiger partial charge is 0.233 e. The number of piperidine rings is 1. The lowest BCUT2D eigenvalue weighted by Crippen LogP contribution is -2.42. The average Bonchev–Trinajstić information content (AvgIpc) is 3.21. The number of amides is 2. The molecule has 2 aromatic carbocycles. The van der Waals surface area contributed by atoms with E-state index in [0.717, 1.165) is 17.0 Å². The second-order valence-corrected chi connectivity index (χ2v) is 9.11. The number of nitrogens with two attached hydrogens (primary N) is 1. The Morgan fingerprint density at radius 2 is 1.72 bits per heavy atom. The van der Waals surface area contributed by atoms with Crippen molar-refractivity contribution in [3.8, 4) is 11.4 Å². The summed E-state index contributed by atoms with van der Waals surface area (Å²) >= 11 is 7.42. The van der Waals surface area contributed by atoms with Crippen LogP contribution in [0.25, 0.3) is 11.4 Å². The van der Waals surface area contributed by atoms with Gasteiger partial charge in [0.1, 0.15) is 0 Å². The molecule has 1 aliphatic heterocycles. The molecule has 1 fully saturated rings. The Morgan fingerprint density at radius 1 is 1.03 bits per heavy atom. The van der Waals surface area contributed by atoms with Crippen molar-refractivity contribution in [2.75, 3.05) is 18.8 Å². The van der Waals surface area contributed by atoms with Crippen molar-refractivity contribution in [1.82, 2.24) is 19.7 Å². The van der Waals surface area contributed by atoms with Crippen LogP contribution in [-0.4, -0.2) is 50.3 Å². The van der Waals surface area contributed by atoms with Crippen LogP contribution in [0.3, 0.4) is 0 Å². The van der Waals surface area contributed by atoms with Crippen LogP contribution < -0.4 is 5.73 Å². The van der Waals surface area contributed by atoms with Gasteiger partial charge in [-0.2, -0.15) is 0 Å². The lowest BCUT2D eigenvalue weighted by Gasteiger charge is -2.30. The number of hydrogen-bond acceptors (Lipinski definition) is 5. The van der Waals surface area contributed by atoms with E-state index in [4.69, 9.17) is 17.3 Å². The van der Waals surface area contributed by atoms with Crippen LogP contribution in [0.5, 0.6) is 0 Å². The Kier molecular flexibility index (Phi) is 7.12. The number of benzene rings is 2. The number of rotatable bonds is 7. The van der Waals surface area contributed by atoms with E-state index in [2.05, 4.69) is 10.2 Å². The van der Waals surface area contributed by atoms with Crippen LogP contribution >= 0.6 is 23.4 Å². The summed E-state index contributed by atoms with van der Waals surface area (Å²) in [5.41, 5.74) is 7.41. The first-order chi connectivity index (χ1) is 15.5. The normalized spacial score (nSPS) is 14.5. The maximum absolute atomic E-state index is 12.7. The van der Waals surface area contributed by atoms with Gasteiger partial charge in [0.25, 0.3) is 0 Å². The van der Waals surface area contributed by atoms with Crippen molar-refractivity contribution in [1.29, 1.82) is 0 Å². The number of hydrogen-bond donors (Lipinski definition) is 1. The molecule has 2 heterocycles. The van der Waals surface area contributed by atoms with Crippen molar-refractivity contribution in [3.05, 3.63) is 65.2 Å². The minimum atomic E-state index is -0.282. The SMILES string of the molecule is NC(=O)C1CCN(C(=O)CSc2nnc(-c3ccc(Cl)cc3)n2Cc2ccccc2)CC1. The molecule has 0 atom stereocenters. The Hall–Kier alpha value is -2.84. The van der Waals surface area contributed by atoms with Crippen molar-refractivity contribution in [2.45, 2.75) is 24.5 Å². The van der Waals surface area contributed by atoms with Crippen LogP contribution in [-0.2, 0) is 16.1 Å². The van der Waals surface area contributed by atoms with Gasteiger partial charge in [0.2, 0.25) is 11.8 Å². The van der Waals surface area contributed by atoms with Crippen LogP contribution in [0.4, 0.5) is 0 Å². The van der Waals surface area contributed by atoms with Crippen molar-refractivity contribution >= 4 is 35.2 Å². The number of primary amides is 1. The fourth-order valence-electron chi connectivity index (χ4n) is 3.75. The topological polar surface area (TPSA) is 94.1 Å². The van der Waals surface area contributed by atoms with E-state index in [9.17, 15) is 9.59 Å². The van der Waals surface area contributed by atoms with E-state index in [1.807, 2.05) is 59.2 Å². The first kappa shape index (κ1) is 22.4. The average molecular weight is 470 g/mol. The van der Waals surface area contributed by atoms with E-state index >= 15 is 0 Å². The number of aromatic nitrogens is 3. The molecule has 2 N–H and O–H groups in total. The number of thioether (sulfide) groups is 1. The molecule has 32 heavy (non-hydrogen) atoms. The zero-order valence-electron chi connectivity index (χ0n) is 17.5. The van der Waals surface area contributed by atoms with E-state index in [1.165, 1.54) is 11.8 Å². The summed E-state index contributed by atoms with van der Waals surface area (Å²) in [6, 6.07) is 17.5. The van der Waals surface area contributed by atoms with E-state index in [-0.39, 0.29) is 23.5 Å². The van der Waals surface area contributed by atoms with Gasteiger partial charge in [-0.1, -0.05) is 53.7 Å². The maximum Gasteiger partial charge on any atom is 0.233 e. The molecule has 0 unspecified atom stereocenters. The van der Waals surface area contributed by atoms with Gasteiger partial charge in [-0.25, -0.2) is 0 Å². The molecule has 7 nitrogen and oxygen atoms in total. The van der Waals surface area contributed by atoms with E-state index < -0.39 is 0 Å². The predicted molar refractivity (Wildman–Crippen MR) is 125 cm³/mol. The molecule has 1 aliphatic rings. The van der Waals surface area contributed by atoms with Crippen molar-refractivity contribution in [3.63, 3.8) is 0 Å². The summed E-state index contributed by atoms with van der Waals surface area (Å²) in [4.78, 5) is 25.9. The van der Waals surface area contributed by atoms with Gasteiger partial charge in [-0.05, 0) is 42.7 Å². The standard InChI is InChI=1S/C23H24ClN5O2S/c24-19-8-6-18(7-9-19)22-26-27-23(29(22)14-16-4-2-1-3-5-16)32-15-20(30)28-12-10-17(11-13-28)21(25)31/h1-9,17H,10-15H2,(H2,25,31). The Balaban J connectivity index is 1.50. The highest BCUT2D eigenvalue weighted by Gasteiger charge is 2.26. The molecule has 0 aliphatic carbocycles. The van der Waals surface area contributed by atoms with Crippen molar-refractivity contribution in [2.24, 2.45) is 11.7 Å². The Labute approximate surface area is 196 Å². The molecule has 166 valence electrons. The summed E-state index contributed by atoms with van der Waals surface area (Å²) in [7, 11) is 0. The molecule has 1 aromatic heterocycles. The molecular formula is C23H24ClN5O2S. The summed E-state index contributed by atoms with van der Waals surface area (Å²) in [6.45, 7) is 1.70. The van der Waals surface area contributed by atoms with Crippen LogP contribution in [0, 0.1) is 5.92 Å². The third-order valence-electron chi connectivity index (χ3n) is 5.58. The number of carbonyl (C=O) groups excluding carboxylic acids is 2. The molecule has 3 aromatic rings. The number of halogens is 1. The van der Waals surface area contributed by atoms with Gasteiger partial charge >= 0.3 is 0 Å². The maximum atomic E-state index is 12.7.